The van der Waals surface area contributed by atoms with Gasteiger partial charge in [-0.2, -0.15) is 0 Å². The second-order valence-electron chi connectivity index (χ2n) is 5.00. The number of carbonyl (C=O) groups is 2. The lowest BCUT2D eigenvalue weighted by Gasteiger charge is -2.32. The Balaban J connectivity index is 1.94. The molecule has 0 unspecified atom stereocenters. The lowest BCUT2D eigenvalue weighted by molar-refractivity contribution is -0.134. The summed E-state index contributed by atoms with van der Waals surface area (Å²) in [7, 11) is 1.64. The number of carbonyl (C=O) groups excluding carboxylic acids is 2. The highest BCUT2D eigenvalue weighted by molar-refractivity contribution is 5.79. The fraction of sp³-hybridized carbons (Fsp3) is 0.467. The van der Waals surface area contributed by atoms with Crippen LogP contribution >= 0.6 is 0 Å². The molecule has 1 aromatic carbocycles. The topological polar surface area (TPSA) is 49.9 Å². The number of amides is 2. The summed E-state index contributed by atoms with van der Waals surface area (Å²) < 4.78 is 5.21. The van der Waals surface area contributed by atoms with Crippen LogP contribution in [0.5, 0.6) is 5.75 Å². The predicted molar refractivity (Wildman–Crippen MR) is 75.7 cm³/mol. The van der Waals surface area contributed by atoms with E-state index in [0.717, 1.165) is 23.3 Å². The van der Waals surface area contributed by atoms with Gasteiger partial charge in [0.25, 0.3) is 0 Å². The smallest absolute Gasteiger partial charge is 0.227 e. The standard InChI is InChI=1S/C15H20N2O3/c1-12-9-13(3-4-14(12)20-2)10-15(19)17-7-5-16(11-18)6-8-17/h3-4,9,11H,5-8,10H2,1-2H3. The Bertz CT molecular complexity index is 494. The summed E-state index contributed by atoms with van der Waals surface area (Å²) in [5.41, 5.74) is 2.02. The number of benzene rings is 1. The molecule has 0 saturated carbocycles. The zero-order valence-corrected chi connectivity index (χ0v) is 12.0. The second kappa shape index (κ2) is 6.41. The second-order valence-corrected chi connectivity index (χ2v) is 5.00. The zero-order chi connectivity index (χ0) is 14.5. The van der Waals surface area contributed by atoms with Crippen molar-refractivity contribution in [3.63, 3.8) is 0 Å². The van der Waals surface area contributed by atoms with Crippen LogP contribution in [-0.4, -0.2) is 55.4 Å². The molecule has 5 heteroatoms. The van der Waals surface area contributed by atoms with Gasteiger partial charge in [0.15, 0.2) is 0 Å². The molecule has 1 aliphatic heterocycles. The van der Waals surface area contributed by atoms with Crippen molar-refractivity contribution in [2.45, 2.75) is 13.3 Å². The molecule has 0 N–H and O–H groups in total. The molecule has 0 bridgehead atoms. The summed E-state index contributed by atoms with van der Waals surface area (Å²) in [6.45, 7) is 4.45. The molecule has 20 heavy (non-hydrogen) atoms. The number of piperazine rings is 1. The molecule has 1 fully saturated rings. The highest BCUT2D eigenvalue weighted by atomic mass is 16.5. The molecule has 0 spiro atoms. The van der Waals surface area contributed by atoms with E-state index in [1.54, 1.807) is 12.0 Å². The van der Waals surface area contributed by atoms with Crippen LogP contribution in [0, 0.1) is 6.92 Å². The minimum atomic E-state index is 0.111. The van der Waals surface area contributed by atoms with Gasteiger partial charge in [0, 0.05) is 26.2 Å². The average molecular weight is 276 g/mol. The summed E-state index contributed by atoms with van der Waals surface area (Å²) in [6, 6.07) is 5.80. The summed E-state index contributed by atoms with van der Waals surface area (Å²) >= 11 is 0. The van der Waals surface area contributed by atoms with E-state index in [9.17, 15) is 9.59 Å². The van der Waals surface area contributed by atoms with Crippen LogP contribution < -0.4 is 4.74 Å². The maximum absolute atomic E-state index is 12.2. The molecule has 1 saturated heterocycles. The lowest BCUT2D eigenvalue weighted by Crippen LogP contribution is -2.48. The molecule has 1 heterocycles. The highest BCUT2D eigenvalue weighted by Crippen LogP contribution is 2.19. The number of methoxy groups -OCH3 is 1. The van der Waals surface area contributed by atoms with Crippen LogP contribution in [0.1, 0.15) is 11.1 Å². The predicted octanol–water partition coefficient (Wildman–Crippen LogP) is 0.847. The van der Waals surface area contributed by atoms with Crippen LogP contribution in [0.4, 0.5) is 0 Å². The van der Waals surface area contributed by atoms with E-state index >= 15 is 0 Å². The van der Waals surface area contributed by atoms with Gasteiger partial charge in [0.2, 0.25) is 12.3 Å². The molecule has 0 radical (unpaired) electrons. The Morgan fingerprint density at radius 3 is 2.55 bits per heavy atom. The fourth-order valence-electron chi connectivity index (χ4n) is 2.41. The molecule has 0 atom stereocenters. The van der Waals surface area contributed by atoms with Crippen LogP contribution in [-0.2, 0) is 16.0 Å². The normalized spacial score (nSPS) is 15.1. The molecule has 0 aromatic heterocycles. The van der Waals surface area contributed by atoms with E-state index in [4.69, 9.17) is 4.74 Å². The molecule has 1 aromatic rings. The average Bonchev–Trinajstić information content (AvgIpc) is 2.47. The summed E-state index contributed by atoms with van der Waals surface area (Å²) in [5.74, 6) is 0.945. The minimum Gasteiger partial charge on any atom is -0.496 e. The Kier molecular flexibility index (Phi) is 4.61. The maximum Gasteiger partial charge on any atom is 0.227 e. The third-order valence-corrected chi connectivity index (χ3v) is 3.63. The van der Waals surface area contributed by atoms with Crippen LogP contribution in [0.25, 0.3) is 0 Å². The molecule has 5 nitrogen and oxygen atoms in total. The lowest BCUT2D eigenvalue weighted by atomic mass is 10.1. The van der Waals surface area contributed by atoms with Gasteiger partial charge in [0.1, 0.15) is 5.75 Å². The number of nitrogens with zero attached hydrogens (tertiary/aromatic N) is 2. The number of ether oxygens (including phenoxy) is 1. The first-order chi connectivity index (χ1) is 9.63. The fourth-order valence-corrected chi connectivity index (χ4v) is 2.41. The first kappa shape index (κ1) is 14.4. The Labute approximate surface area is 119 Å². The molecular formula is C15H20N2O3. The maximum atomic E-state index is 12.2. The van der Waals surface area contributed by atoms with Gasteiger partial charge in [-0.3, -0.25) is 9.59 Å². The number of aryl methyl sites for hydroxylation is 1. The minimum absolute atomic E-state index is 0.111. The summed E-state index contributed by atoms with van der Waals surface area (Å²) in [6.07, 6.45) is 1.24. The summed E-state index contributed by atoms with van der Waals surface area (Å²) in [4.78, 5) is 26.4. The van der Waals surface area contributed by atoms with E-state index in [2.05, 4.69) is 0 Å². The van der Waals surface area contributed by atoms with Crippen LogP contribution in [0.3, 0.4) is 0 Å². The van der Waals surface area contributed by atoms with E-state index in [1.807, 2.05) is 30.0 Å². The molecular weight excluding hydrogens is 256 g/mol. The van der Waals surface area contributed by atoms with E-state index in [0.29, 0.717) is 32.6 Å². The first-order valence-corrected chi connectivity index (χ1v) is 6.74. The third-order valence-electron chi connectivity index (χ3n) is 3.63. The largest absolute Gasteiger partial charge is 0.496 e. The molecule has 1 aliphatic rings. The van der Waals surface area contributed by atoms with Crippen molar-refractivity contribution in [1.29, 1.82) is 0 Å². The molecule has 0 aliphatic carbocycles. The van der Waals surface area contributed by atoms with Gasteiger partial charge in [-0.15, -0.1) is 0 Å². The van der Waals surface area contributed by atoms with Gasteiger partial charge >= 0.3 is 0 Å². The van der Waals surface area contributed by atoms with Gasteiger partial charge in [-0.05, 0) is 24.1 Å². The Morgan fingerprint density at radius 2 is 2.00 bits per heavy atom. The van der Waals surface area contributed by atoms with Crippen molar-refractivity contribution in [2.24, 2.45) is 0 Å². The number of rotatable bonds is 4. The molecule has 2 rings (SSSR count). The quantitative estimate of drug-likeness (QED) is 0.766. The van der Waals surface area contributed by atoms with E-state index < -0.39 is 0 Å². The van der Waals surface area contributed by atoms with Crippen molar-refractivity contribution in [3.05, 3.63) is 29.3 Å². The van der Waals surface area contributed by atoms with Gasteiger partial charge in [-0.25, -0.2) is 0 Å². The van der Waals surface area contributed by atoms with Gasteiger partial charge < -0.3 is 14.5 Å². The van der Waals surface area contributed by atoms with Gasteiger partial charge in [-0.1, -0.05) is 12.1 Å². The SMILES string of the molecule is COc1ccc(CC(=O)N2CCN(C=O)CC2)cc1C. The molecule has 2 amide bonds. The highest BCUT2D eigenvalue weighted by Gasteiger charge is 2.20. The number of hydrogen-bond donors (Lipinski definition) is 0. The van der Waals surface area contributed by atoms with Crippen LogP contribution in [0.15, 0.2) is 18.2 Å². The van der Waals surface area contributed by atoms with Crippen molar-refractivity contribution in [3.8, 4) is 5.75 Å². The molecule has 108 valence electrons. The Morgan fingerprint density at radius 1 is 1.30 bits per heavy atom. The van der Waals surface area contributed by atoms with Gasteiger partial charge in [0.05, 0.1) is 13.5 Å². The zero-order valence-electron chi connectivity index (χ0n) is 12.0. The monoisotopic (exact) mass is 276 g/mol. The summed E-state index contributed by atoms with van der Waals surface area (Å²) in [5, 5.41) is 0. The number of hydrogen-bond acceptors (Lipinski definition) is 3. The van der Waals surface area contributed by atoms with Crippen LogP contribution in [0.2, 0.25) is 0 Å². The van der Waals surface area contributed by atoms with E-state index in [-0.39, 0.29) is 5.91 Å². The van der Waals surface area contributed by atoms with E-state index in [1.165, 1.54) is 0 Å². The van der Waals surface area contributed by atoms with Crippen molar-refractivity contribution < 1.29 is 14.3 Å². The third kappa shape index (κ3) is 3.29. The first-order valence-electron chi connectivity index (χ1n) is 6.74. The Hall–Kier alpha value is -2.04. The van der Waals surface area contributed by atoms with Crippen molar-refractivity contribution >= 4 is 12.3 Å². The van der Waals surface area contributed by atoms with Crippen molar-refractivity contribution in [2.75, 3.05) is 33.3 Å². The van der Waals surface area contributed by atoms with Crippen molar-refractivity contribution in [1.82, 2.24) is 9.80 Å².